The van der Waals surface area contributed by atoms with Crippen molar-refractivity contribution in [1.29, 1.82) is 0 Å². The zero-order valence-corrected chi connectivity index (χ0v) is 10.4. The van der Waals surface area contributed by atoms with Gasteiger partial charge in [0.05, 0.1) is 5.92 Å². The SMILES string of the molecule is CC1CCCC(N2CCC(C(=O)O)C2C)C1. The lowest BCUT2D eigenvalue weighted by Gasteiger charge is -2.37. The zero-order chi connectivity index (χ0) is 11.7. The molecule has 0 aromatic carbocycles. The Labute approximate surface area is 97.8 Å². The van der Waals surface area contributed by atoms with E-state index in [2.05, 4.69) is 18.7 Å². The number of carbonyl (C=O) groups is 1. The standard InChI is InChI=1S/C13H23NO2/c1-9-4-3-5-11(8-9)14-7-6-12(10(14)2)13(15)16/h9-12H,3-8H2,1-2H3,(H,15,16). The molecule has 2 aliphatic rings. The lowest BCUT2D eigenvalue weighted by molar-refractivity contribution is -0.142. The Kier molecular flexibility index (Phi) is 3.53. The van der Waals surface area contributed by atoms with Crippen molar-refractivity contribution in [3.8, 4) is 0 Å². The molecule has 1 aliphatic carbocycles. The maximum Gasteiger partial charge on any atom is 0.308 e. The number of carboxylic acids is 1. The fourth-order valence-electron chi connectivity index (χ4n) is 3.51. The number of aliphatic carboxylic acids is 1. The molecule has 0 amide bonds. The van der Waals surface area contributed by atoms with Crippen LogP contribution in [0, 0.1) is 11.8 Å². The average molecular weight is 225 g/mol. The number of carboxylic acid groups (broad SMARTS) is 1. The molecule has 0 aromatic heterocycles. The van der Waals surface area contributed by atoms with Gasteiger partial charge in [0.15, 0.2) is 0 Å². The number of likely N-dealkylation sites (tertiary alicyclic amines) is 1. The van der Waals surface area contributed by atoms with E-state index < -0.39 is 5.97 Å². The lowest BCUT2D eigenvalue weighted by atomic mass is 9.86. The first-order valence-corrected chi connectivity index (χ1v) is 6.58. The first-order chi connectivity index (χ1) is 7.59. The predicted octanol–water partition coefficient (Wildman–Crippen LogP) is 2.36. The van der Waals surface area contributed by atoms with Crippen LogP contribution in [0.5, 0.6) is 0 Å². The van der Waals surface area contributed by atoms with Crippen LogP contribution in [0.1, 0.15) is 46.0 Å². The van der Waals surface area contributed by atoms with Crippen LogP contribution in [0.2, 0.25) is 0 Å². The van der Waals surface area contributed by atoms with E-state index in [1.54, 1.807) is 0 Å². The molecule has 1 N–H and O–H groups in total. The Bertz CT molecular complexity index is 267. The Morgan fingerprint density at radius 2 is 2.00 bits per heavy atom. The molecule has 0 aromatic rings. The minimum absolute atomic E-state index is 0.141. The third kappa shape index (κ3) is 2.24. The van der Waals surface area contributed by atoms with Crippen LogP contribution in [-0.4, -0.2) is 34.6 Å². The van der Waals surface area contributed by atoms with Gasteiger partial charge < -0.3 is 5.11 Å². The van der Waals surface area contributed by atoms with Crippen molar-refractivity contribution in [3.63, 3.8) is 0 Å². The number of hydrogen-bond donors (Lipinski definition) is 1. The fraction of sp³-hybridized carbons (Fsp3) is 0.923. The Hall–Kier alpha value is -0.570. The minimum Gasteiger partial charge on any atom is -0.481 e. The van der Waals surface area contributed by atoms with Crippen LogP contribution >= 0.6 is 0 Å². The van der Waals surface area contributed by atoms with Gasteiger partial charge in [-0.1, -0.05) is 19.8 Å². The second-order valence-electron chi connectivity index (χ2n) is 5.64. The van der Waals surface area contributed by atoms with Crippen LogP contribution in [0.3, 0.4) is 0 Å². The molecule has 0 radical (unpaired) electrons. The molecule has 3 nitrogen and oxygen atoms in total. The summed E-state index contributed by atoms with van der Waals surface area (Å²) in [6, 6.07) is 0.871. The topological polar surface area (TPSA) is 40.5 Å². The molecular weight excluding hydrogens is 202 g/mol. The summed E-state index contributed by atoms with van der Waals surface area (Å²) in [5.74, 6) is 0.0610. The number of nitrogens with zero attached hydrogens (tertiary/aromatic N) is 1. The molecule has 92 valence electrons. The zero-order valence-electron chi connectivity index (χ0n) is 10.4. The van der Waals surface area contributed by atoms with Gasteiger partial charge in [-0.25, -0.2) is 0 Å². The van der Waals surface area contributed by atoms with E-state index in [0.29, 0.717) is 6.04 Å². The van der Waals surface area contributed by atoms with Gasteiger partial charge in [0.25, 0.3) is 0 Å². The van der Waals surface area contributed by atoms with Crippen molar-refractivity contribution in [1.82, 2.24) is 4.90 Å². The van der Waals surface area contributed by atoms with Crippen LogP contribution in [0.15, 0.2) is 0 Å². The van der Waals surface area contributed by atoms with Crippen molar-refractivity contribution in [2.45, 2.75) is 58.0 Å². The maximum atomic E-state index is 11.1. The van der Waals surface area contributed by atoms with Gasteiger partial charge in [0.1, 0.15) is 0 Å². The third-order valence-electron chi connectivity index (χ3n) is 4.50. The molecule has 4 unspecified atom stereocenters. The van der Waals surface area contributed by atoms with Crippen molar-refractivity contribution >= 4 is 5.97 Å². The van der Waals surface area contributed by atoms with Crippen LogP contribution in [0.25, 0.3) is 0 Å². The molecule has 1 aliphatic heterocycles. The normalized spacial score (nSPS) is 41.1. The highest BCUT2D eigenvalue weighted by molar-refractivity contribution is 5.71. The molecule has 1 heterocycles. The smallest absolute Gasteiger partial charge is 0.308 e. The maximum absolute atomic E-state index is 11.1. The summed E-state index contributed by atoms with van der Waals surface area (Å²) in [5, 5.41) is 9.13. The first kappa shape index (κ1) is 11.9. The summed E-state index contributed by atoms with van der Waals surface area (Å²) < 4.78 is 0. The monoisotopic (exact) mass is 225 g/mol. The highest BCUT2D eigenvalue weighted by Crippen LogP contribution is 2.34. The number of rotatable bonds is 2. The van der Waals surface area contributed by atoms with E-state index in [0.717, 1.165) is 18.9 Å². The molecule has 2 rings (SSSR count). The minimum atomic E-state index is -0.612. The molecular formula is C13H23NO2. The molecule has 2 fully saturated rings. The van der Waals surface area contributed by atoms with Gasteiger partial charge in [-0.05, 0) is 38.6 Å². The van der Waals surface area contributed by atoms with Crippen molar-refractivity contribution in [2.24, 2.45) is 11.8 Å². The summed E-state index contributed by atoms with van der Waals surface area (Å²) in [6.45, 7) is 5.39. The van der Waals surface area contributed by atoms with Gasteiger partial charge in [-0.15, -0.1) is 0 Å². The molecule has 3 heteroatoms. The fourth-order valence-corrected chi connectivity index (χ4v) is 3.51. The van der Waals surface area contributed by atoms with E-state index in [1.165, 1.54) is 25.7 Å². The quantitative estimate of drug-likeness (QED) is 0.784. The lowest BCUT2D eigenvalue weighted by Crippen LogP contribution is -2.42. The Morgan fingerprint density at radius 3 is 2.56 bits per heavy atom. The molecule has 0 bridgehead atoms. The number of hydrogen-bond acceptors (Lipinski definition) is 2. The highest BCUT2D eigenvalue weighted by atomic mass is 16.4. The van der Waals surface area contributed by atoms with Crippen molar-refractivity contribution < 1.29 is 9.90 Å². The second kappa shape index (κ2) is 4.74. The Balaban J connectivity index is 1.97. The van der Waals surface area contributed by atoms with Crippen LogP contribution in [0.4, 0.5) is 0 Å². The molecule has 0 spiro atoms. The van der Waals surface area contributed by atoms with Gasteiger partial charge >= 0.3 is 5.97 Å². The largest absolute Gasteiger partial charge is 0.481 e. The van der Waals surface area contributed by atoms with Gasteiger partial charge in [0, 0.05) is 12.1 Å². The highest BCUT2D eigenvalue weighted by Gasteiger charge is 2.39. The van der Waals surface area contributed by atoms with Gasteiger partial charge in [-0.2, -0.15) is 0 Å². The summed E-state index contributed by atoms with van der Waals surface area (Å²) in [7, 11) is 0. The van der Waals surface area contributed by atoms with Gasteiger partial charge in [-0.3, -0.25) is 9.69 Å². The molecule has 16 heavy (non-hydrogen) atoms. The summed E-state index contributed by atoms with van der Waals surface area (Å²) in [5.41, 5.74) is 0. The summed E-state index contributed by atoms with van der Waals surface area (Å²) in [4.78, 5) is 13.5. The average Bonchev–Trinajstić information content (AvgIpc) is 2.60. The van der Waals surface area contributed by atoms with Crippen LogP contribution < -0.4 is 0 Å². The Morgan fingerprint density at radius 1 is 1.25 bits per heavy atom. The van der Waals surface area contributed by atoms with E-state index in [-0.39, 0.29) is 12.0 Å². The molecule has 1 saturated carbocycles. The van der Waals surface area contributed by atoms with E-state index in [1.807, 2.05) is 0 Å². The van der Waals surface area contributed by atoms with Gasteiger partial charge in [0.2, 0.25) is 0 Å². The van der Waals surface area contributed by atoms with E-state index >= 15 is 0 Å². The van der Waals surface area contributed by atoms with E-state index in [9.17, 15) is 4.79 Å². The van der Waals surface area contributed by atoms with Crippen molar-refractivity contribution in [3.05, 3.63) is 0 Å². The second-order valence-corrected chi connectivity index (χ2v) is 5.64. The molecule has 4 atom stereocenters. The third-order valence-corrected chi connectivity index (χ3v) is 4.50. The summed E-state index contributed by atoms with van der Waals surface area (Å²) >= 11 is 0. The predicted molar refractivity (Wildman–Crippen MR) is 63.3 cm³/mol. The van der Waals surface area contributed by atoms with E-state index in [4.69, 9.17) is 5.11 Å². The summed E-state index contributed by atoms with van der Waals surface area (Å²) in [6.07, 6.45) is 6.02. The first-order valence-electron chi connectivity index (χ1n) is 6.58. The van der Waals surface area contributed by atoms with Crippen LogP contribution in [-0.2, 0) is 4.79 Å². The molecule has 1 saturated heterocycles. The van der Waals surface area contributed by atoms with Crippen molar-refractivity contribution in [2.75, 3.05) is 6.54 Å².